The van der Waals surface area contributed by atoms with Gasteiger partial charge in [-0.15, -0.1) is 0 Å². The summed E-state index contributed by atoms with van der Waals surface area (Å²) in [5.41, 5.74) is 3.69. The molecule has 2 N–H and O–H groups in total. The van der Waals surface area contributed by atoms with Crippen LogP contribution < -0.4 is 10.6 Å². The summed E-state index contributed by atoms with van der Waals surface area (Å²) >= 11 is 0. The summed E-state index contributed by atoms with van der Waals surface area (Å²) in [6.45, 7) is 0.113. The molecule has 4 heteroatoms. The Morgan fingerprint density at radius 1 is 0.880 bits per heavy atom. The third-order valence-corrected chi connectivity index (χ3v) is 3.80. The zero-order valence-corrected chi connectivity index (χ0v) is 13.7. The van der Waals surface area contributed by atoms with Crippen molar-refractivity contribution in [3.63, 3.8) is 0 Å². The molecule has 0 radical (unpaired) electrons. The van der Waals surface area contributed by atoms with Crippen molar-refractivity contribution in [2.24, 2.45) is 0 Å². The first-order valence-corrected chi connectivity index (χ1v) is 8.12. The minimum atomic E-state index is -0.376. The van der Waals surface area contributed by atoms with E-state index in [0.717, 1.165) is 17.7 Å². The standard InChI is InChI=1S/C21H19FN2O/c22-18-10-6-11-19(14-18)24-21(25)15-23-20-12-5-4-9-17(20)13-16-7-2-1-3-8-16/h1-12,14,23H,13,15H2,(H,24,25). The van der Waals surface area contributed by atoms with Crippen LogP contribution in [0.3, 0.4) is 0 Å². The fourth-order valence-electron chi connectivity index (χ4n) is 2.61. The molecule has 126 valence electrons. The van der Waals surface area contributed by atoms with Crippen molar-refractivity contribution in [2.45, 2.75) is 6.42 Å². The molecule has 0 fully saturated rings. The number of anilines is 2. The first-order chi connectivity index (χ1) is 12.2. The van der Waals surface area contributed by atoms with E-state index < -0.39 is 0 Å². The monoisotopic (exact) mass is 334 g/mol. The van der Waals surface area contributed by atoms with E-state index in [9.17, 15) is 9.18 Å². The molecule has 3 aromatic carbocycles. The van der Waals surface area contributed by atoms with Crippen LogP contribution in [0.1, 0.15) is 11.1 Å². The van der Waals surface area contributed by atoms with Crippen LogP contribution in [0, 0.1) is 5.82 Å². The van der Waals surface area contributed by atoms with Gasteiger partial charge in [0, 0.05) is 11.4 Å². The van der Waals surface area contributed by atoms with Gasteiger partial charge < -0.3 is 10.6 Å². The molecule has 0 aliphatic heterocycles. The summed E-state index contributed by atoms with van der Waals surface area (Å²) in [7, 11) is 0. The van der Waals surface area contributed by atoms with E-state index in [0.29, 0.717) is 5.69 Å². The zero-order valence-electron chi connectivity index (χ0n) is 13.7. The third-order valence-electron chi connectivity index (χ3n) is 3.80. The van der Waals surface area contributed by atoms with Gasteiger partial charge in [-0.25, -0.2) is 4.39 Å². The molecule has 0 spiro atoms. The SMILES string of the molecule is O=C(CNc1ccccc1Cc1ccccc1)Nc1cccc(F)c1. The van der Waals surface area contributed by atoms with Crippen molar-refractivity contribution >= 4 is 17.3 Å². The highest BCUT2D eigenvalue weighted by Crippen LogP contribution is 2.19. The largest absolute Gasteiger partial charge is 0.376 e. The Balaban J connectivity index is 1.62. The lowest BCUT2D eigenvalue weighted by atomic mass is 10.0. The van der Waals surface area contributed by atoms with Gasteiger partial charge in [0.05, 0.1) is 6.54 Å². The Labute approximate surface area is 146 Å². The van der Waals surface area contributed by atoms with Crippen LogP contribution in [0.5, 0.6) is 0 Å². The molecule has 3 rings (SSSR count). The lowest BCUT2D eigenvalue weighted by molar-refractivity contribution is -0.114. The van der Waals surface area contributed by atoms with Gasteiger partial charge in [-0.1, -0.05) is 54.6 Å². The Kier molecular flexibility index (Phi) is 5.42. The second-order valence-corrected chi connectivity index (χ2v) is 5.73. The number of rotatable bonds is 6. The van der Waals surface area contributed by atoms with Gasteiger partial charge >= 0.3 is 0 Å². The van der Waals surface area contributed by atoms with Crippen LogP contribution in [-0.2, 0) is 11.2 Å². The first-order valence-electron chi connectivity index (χ1n) is 8.12. The van der Waals surface area contributed by atoms with Crippen molar-refractivity contribution in [1.82, 2.24) is 0 Å². The number of para-hydroxylation sites is 1. The summed E-state index contributed by atoms with van der Waals surface area (Å²) in [5.74, 6) is -0.598. The number of benzene rings is 3. The maximum atomic E-state index is 13.2. The summed E-state index contributed by atoms with van der Waals surface area (Å²) in [6.07, 6.45) is 0.787. The summed E-state index contributed by atoms with van der Waals surface area (Å²) in [5, 5.41) is 5.84. The average molecular weight is 334 g/mol. The smallest absolute Gasteiger partial charge is 0.243 e. The van der Waals surface area contributed by atoms with Gasteiger partial charge in [0.1, 0.15) is 5.82 Å². The van der Waals surface area contributed by atoms with Crippen LogP contribution >= 0.6 is 0 Å². The van der Waals surface area contributed by atoms with Crippen molar-refractivity contribution in [2.75, 3.05) is 17.2 Å². The van der Waals surface area contributed by atoms with Crippen LogP contribution in [0.15, 0.2) is 78.9 Å². The Morgan fingerprint density at radius 3 is 2.44 bits per heavy atom. The average Bonchev–Trinajstić information content (AvgIpc) is 2.62. The van der Waals surface area contributed by atoms with E-state index in [4.69, 9.17) is 0 Å². The van der Waals surface area contributed by atoms with Gasteiger partial charge in [0.15, 0.2) is 0 Å². The number of carbonyl (C=O) groups is 1. The molecule has 1 amide bonds. The van der Waals surface area contributed by atoms with Gasteiger partial charge in [0.2, 0.25) is 5.91 Å². The summed E-state index contributed by atoms with van der Waals surface area (Å²) in [6, 6.07) is 23.9. The minimum absolute atomic E-state index is 0.113. The number of nitrogens with one attached hydrogen (secondary N) is 2. The lowest BCUT2D eigenvalue weighted by Crippen LogP contribution is -2.22. The molecule has 0 saturated carbocycles. The van der Waals surface area contributed by atoms with E-state index in [1.54, 1.807) is 12.1 Å². The van der Waals surface area contributed by atoms with Crippen molar-refractivity contribution in [3.8, 4) is 0 Å². The zero-order chi connectivity index (χ0) is 17.5. The van der Waals surface area contributed by atoms with E-state index in [1.807, 2.05) is 42.5 Å². The van der Waals surface area contributed by atoms with Gasteiger partial charge in [-0.3, -0.25) is 4.79 Å². The summed E-state index contributed by atoms with van der Waals surface area (Å²) in [4.78, 5) is 12.1. The highest BCUT2D eigenvalue weighted by Gasteiger charge is 2.06. The minimum Gasteiger partial charge on any atom is -0.376 e. The maximum absolute atomic E-state index is 13.2. The summed E-state index contributed by atoms with van der Waals surface area (Å²) < 4.78 is 13.2. The normalized spacial score (nSPS) is 10.3. The van der Waals surface area contributed by atoms with E-state index in [-0.39, 0.29) is 18.3 Å². The van der Waals surface area contributed by atoms with Crippen molar-refractivity contribution in [3.05, 3.63) is 95.8 Å². The van der Waals surface area contributed by atoms with Crippen molar-refractivity contribution < 1.29 is 9.18 Å². The quantitative estimate of drug-likeness (QED) is 0.698. The van der Waals surface area contributed by atoms with Crippen LogP contribution in [0.25, 0.3) is 0 Å². The first kappa shape index (κ1) is 16.7. The number of hydrogen-bond acceptors (Lipinski definition) is 2. The molecule has 3 aromatic rings. The van der Waals surface area contributed by atoms with Gasteiger partial charge in [0.25, 0.3) is 0 Å². The highest BCUT2D eigenvalue weighted by molar-refractivity contribution is 5.93. The van der Waals surface area contributed by atoms with Gasteiger partial charge in [-0.05, 0) is 41.8 Å². The predicted octanol–water partition coefficient (Wildman–Crippen LogP) is 4.47. The molecule has 0 saturated heterocycles. The number of amides is 1. The molecule has 3 nitrogen and oxygen atoms in total. The lowest BCUT2D eigenvalue weighted by Gasteiger charge is -2.12. The molecule has 0 heterocycles. The maximum Gasteiger partial charge on any atom is 0.243 e. The Morgan fingerprint density at radius 2 is 1.64 bits per heavy atom. The fourth-order valence-corrected chi connectivity index (χ4v) is 2.61. The molecule has 0 aromatic heterocycles. The molecular formula is C21H19FN2O. The number of hydrogen-bond donors (Lipinski definition) is 2. The molecule has 0 bridgehead atoms. The second kappa shape index (κ2) is 8.11. The van der Waals surface area contributed by atoms with E-state index in [1.165, 1.54) is 17.7 Å². The van der Waals surface area contributed by atoms with Crippen LogP contribution in [-0.4, -0.2) is 12.5 Å². The predicted molar refractivity (Wildman–Crippen MR) is 99.2 cm³/mol. The second-order valence-electron chi connectivity index (χ2n) is 5.73. The highest BCUT2D eigenvalue weighted by atomic mass is 19.1. The molecular weight excluding hydrogens is 315 g/mol. The molecule has 0 aliphatic carbocycles. The fraction of sp³-hybridized carbons (Fsp3) is 0.0952. The Bertz CT molecular complexity index is 849. The Hall–Kier alpha value is -3.14. The number of halogens is 1. The molecule has 25 heavy (non-hydrogen) atoms. The molecule has 0 aliphatic rings. The van der Waals surface area contributed by atoms with E-state index >= 15 is 0 Å². The van der Waals surface area contributed by atoms with Crippen molar-refractivity contribution in [1.29, 1.82) is 0 Å². The molecule has 0 unspecified atom stereocenters. The molecule has 0 atom stereocenters. The topological polar surface area (TPSA) is 41.1 Å². The van der Waals surface area contributed by atoms with E-state index in [2.05, 4.69) is 22.8 Å². The van der Waals surface area contributed by atoms with Crippen LogP contribution in [0.4, 0.5) is 15.8 Å². The third kappa shape index (κ3) is 4.91. The number of carbonyl (C=O) groups excluding carboxylic acids is 1. The van der Waals surface area contributed by atoms with Crippen LogP contribution in [0.2, 0.25) is 0 Å². The van der Waals surface area contributed by atoms with Gasteiger partial charge in [-0.2, -0.15) is 0 Å².